The van der Waals surface area contributed by atoms with Crippen molar-refractivity contribution in [1.82, 2.24) is 5.32 Å². The smallest absolute Gasteiger partial charge is 0.164 e. The molecule has 0 saturated heterocycles. The van der Waals surface area contributed by atoms with Crippen LogP contribution in [0, 0.1) is 32.4 Å². The fourth-order valence-corrected chi connectivity index (χ4v) is 3.25. The number of rotatable bonds is 3. The number of hydrogen-bond acceptors (Lipinski definition) is 2. The Morgan fingerprint density at radius 3 is 2.26 bits per heavy atom. The first-order valence-electron chi connectivity index (χ1n) is 6.14. The predicted octanol–water partition coefficient (Wildman–Crippen LogP) is 4.26. The Kier molecular flexibility index (Phi) is 4.02. The fourth-order valence-electron chi connectivity index (χ4n) is 2.08. The molecule has 1 aromatic heterocycles. The van der Waals surface area contributed by atoms with Crippen molar-refractivity contribution in [3.8, 4) is 0 Å². The molecular weight excluding hydrogens is 264 g/mol. The number of halogens is 2. The number of aryl methyl sites for hydroxylation is 3. The maximum absolute atomic E-state index is 14.1. The maximum atomic E-state index is 14.1. The lowest BCUT2D eigenvalue weighted by molar-refractivity contribution is 0.483. The molecule has 0 bridgehead atoms. The number of thiophene rings is 1. The van der Waals surface area contributed by atoms with Gasteiger partial charge < -0.3 is 5.32 Å². The van der Waals surface area contributed by atoms with Crippen molar-refractivity contribution in [1.29, 1.82) is 0 Å². The van der Waals surface area contributed by atoms with Gasteiger partial charge in [-0.25, -0.2) is 8.78 Å². The van der Waals surface area contributed by atoms with E-state index in [0.29, 0.717) is 11.1 Å². The van der Waals surface area contributed by atoms with Crippen LogP contribution in [-0.2, 0) is 0 Å². The van der Waals surface area contributed by atoms with Gasteiger partial charge in [0.15, 0.2) is 11.6 Å². The van der Waals surface area contributed by atoms with Crippen LogP contribution in [0.15, 0.2) is 18.2 Å². The van der Waals surface area contributed by atoms with E-state index in [4.69, 9.17) is 0 Å². The van der Waals surface area contributed by atoms with Crippen LogP contribution in [0.5, 0.6) is 0 Å². The molecule has 0 spiro atoms. The van der Waals surface area contributed by atoms with Gasteiger partial charge in [0.25, 0.3) is 0 Å². The number of benzene rings is 1. The van der Waals surface area contributed by atoms with Gasteiger partial charge in [0, 0.05) is 15.3 Å². The molecule has 0 fully saturated rings. The highest BCUT2D eigenvalue weighted by atomic mass is 32.1. The highest BCUT2D eigenvalue weighted by Crippen LogP contribution is 2.32. The van der Waals surface area contributed by atoms with E-state index in [1.807, 2.05) is 19.9 Å². The molecule has 2 aromatic rings. The molecule has 102 valence electrons. The zero-order chi connectivity index (χ0) is 14.2. The maximum Gasteiger partial charge on any atom is 0.164 e. The van der Waals surface area contributed by atoms with Crippen molar-refractivity contribution >= 4 is 11.3 Å². The summed E-state index contributed by atoms with van der Waals surface area (Å²) in [6.07, 6.45) is 0. The molecule has 4 heteroatoms. The second-order valence-corrected chi connectivity index (χ2v) is 6.00. The molecule has 1 heterocycles. The molecule has 19 heavy (non-hydrogen) atoms. The van der Waals surface area contributed by atoms with Gasteiger partial charge >= 0.3 is 0 Å². The molecule has 1 aromatic carbocycles. The molecule has 1 nitrogen and oxygen atoms in total. The first kappa shape index (κ1) is 14.2. The van der Waals surface area contributed by atoms with Crippen LogP contribution in [0.1, 0.15) is 32.5 Å². The molecule has 0 aliphatic carbocycles. The summed E-state index contributed by atoms with van der Waals surface area (Å²) < 4.78 is 27.8. The number of nitrogens with one attached hydrogen (secondary N) is 1. The minimum absolute atomic E-state index is 0.313. The van der Waals surface area contributed by atoms with Crippen molar-refractivity contribution in [2.24, 2.45) is 0 Å². The van der Waals surface area contributed by atoms with Crippen LogP contribution in [0.2, 0.25) is 0 Å². The second kappa shape index (κ2) is 5.39. The Morgan fingerprint density at radius 2 is 1.74 bits per heavy atom. The van der Waals surface area contributed by atoms with Crippen LogP contribution in [0.4, 0.5) is 8.78 Å². The van der Waals surface area contributed by atoms with Crippen molar-refractivity contribution in [3.63, 3.8) is 0 Å². The average Bonchev–Trinajstić information content (AvgIpc) is 2.70. The number of hydrogen-bond donors (Lipinski definition) is 1. The van der Waals surface area contributed by atoms with E-state index in [9.17, 15) is 8.78 Å². The van der Waals surface area contributed by atoms with E-state index in [1.165, 1.54) is 10.4 Å². The van der Waals surface area contributed by atoms with Crippen LogP contribution in [0.25, 0.3) is 0 Å². The fraction of sp³-hybridized carbons (Fsp3) is 0.333. The van der Waals surface area contributed by atoms with E-state index in [-0.39, 0.29) is 6.04 Å². The Morgan fingerprint density at radius 1 is 1.05 bits per heavy atom. The zero-order valence-corrected chi connectivity index (χ0v) is 12.3. The SMILES string of the molecule is CNC(c1cc(C)c(C)s1)c1ccc(C)c(F)c1F. The molecule has 0 aliphatic rings. The van der Waals surface area contributed by atoms with Gasteiger partial charge in [-0.1, -0.05) is 12.1 Å². The first-order valence-corrected chi connectivity index (χ1v) is 6.96. The zero-order valence-electron chi connectivity index (χ0n) is 11.5. The molecule has 1 atom stereocenters. The molecule has 0 radical (unpaired) electrons. The third-order valence-corrected chi connectivity index (χ3v) is 4.59. The van der Waals surface area contributed by atoms with E-state index < -0.39 is 11.6 Å². The Labute approximate surface area is 116 Å². The Hall–Kier alpha value is -1.26. The quantitative estimate of drug-likeness (QED) is 0.886. The second-order valence-electron chi connectivity index (χ2n) is 4.71. The minimum Gasteiger partial charge on any atom is -0.309 e. The van der Waals surface area contributed by atoms with Gasteiger partial charge in [-0.15, -0.1) is 11.3 Å². The van der Waals surface area contributed by atoms with E-state index in [1.54, 1.807) is 37.4 Å². The first-order chi connectivity index (χ1) is 8.95. The topological polar surface area (TPSA) is 12.0 Å². The summed E-state index contributed by atoms with van der Waals surface area (Å²) >= 11 is 1.61. The van der Waals surface area contributed by atoms with Gasteiger partial charge in [0.05, 0.1) is 6.04 Å². The van der Waals surface area contributed by atoms with E-state index >= 15 is 0 Å². The van der Waals surface area contributed by atoms with Gasteiger partial charge in [0.2, 0.25) is 0 Å². The van der Waals surface area contributed by atoms with Crippen molar-refractivity contribution in [3.05, 3.63) is 56.3 Å². The normalized spacial score (nSPS) is 12.7. The standard InChI is InChI=1S/C15H17F2NS/c1-8-5-6-11(14(17)13(8)16)15(18-4)12-7-9(2)10(3)19-12/h5-7,15,18H,1-4H3. The molecule has 0 saturated carbocycles. The van der Waals surface area contributed by atoms with Gasteiger partial charge in [-0.05, 0) is 45.0 Å². The summed E-state index contributed by atoms with van der Waals surface area (Å²) in [6.45, 7) is 5.62. The van der Waals surface area contributed by atoms with Crippen LogP contribution in [-0.4, -0.2) is 7.05 Å². The van der Waals surface area contributed by atoms with E-state index in [2.05, 4.69) is 5.32 Å². The largest absolute Gasteiger partial charge is 0.309 e. The molecule has 1 unspecified atom stereocenters. The van der Waals surface area contributed by atoms with Crippen LogP contribution >= 0.6 is 11.3 Å². The van der Waals surface area contributed by atoms with E-state index in [0.717, 1.165) is 4.88 Å². The molecule has 0 aliphatic heterocycles. The van der Waals surface area contributed by atoms with Crippen molar-refractivity contribution < 1.29 is 8.78 Å². The minimum atomic E-state index is -0.761. The predicted molar refractivity (Wildman–Crippen MR) is 75.8 cm³/mol. The summed E-state index contributed by atoms with van der Waals surface area (Å²) in [5.41, 5.74) is 1.86. The third kappa shape index (κ3) is 2.55. The molecule has 2 rings (SSSR count). The highest BCUT2D eigenvalue weighted by molar-refractivity contribution is 7.12. The lowest BCUT2D eigenvalue weighted by Crippen LogP contribution is -2.18. The lowest BCUT2D eigenvalue weighted by atomic mass is 10.0. The monoisotopic (exact) mass is 281 g/mol. The summed E-state index contributed by atoms with van der Waals surface area (Å²) in [5, 5.41) is 3.07. The summed E-state index contributed by atoms with van der Waals surface area (Å²) in [6, 6.07) is 4.98. The third-order valence-electron chi connectivity index (χ3n) is 3.37. The van der Waals surface area contributed by atoms with Crippen molar-refractivity contribution in [2.75, 3.05) is 7.05 Å². The molecule has 1 N–H and O–H groups in total. The van der Waals surface area contributed by atoms with Crippen LogP contribution in [0.3, 0.4) is 0 Å². The summed E-state index contributed by atoms with van der Waals surface area (Å²) in [5.74, 6) is -1.52. The lowest BCUT2D eigenvalue weighted by Gasteiger charge is -2.16. The van der Waals surface area contributed by atoms with Crippen molar-refractivity contribution in [2.45, 2.75) is 26.8 Å². The molecular formula is C15H17F2NS. The summed E-state index contributed by atoms with van der Waals surface area (Å²) in [7, 11) is 1.76. The van der Waals surface area contributed by atoms with Gasteiger partial charge in [0.1, 0.15) is 0 Å². The summed E-state index contributed by atoms with van der Waals surface area (Å²) in [4.78, 5) is 2.20. The van der Waals surface area contributed by atoms with Crippen LogP contribution < -0.4 is 5.32 Å². The Balaban J connectivity index is 2.51. The molecule has 0 amide bonds. The average molecular weight is 281 g/mol. The van der Waals surface area contributed by atoms with Gasteiger partial charge in [-0.2, -0.15) is 0 Å². The Bertz CT molecular complexity index is 585. The highest BCUT2D eigenvalue weighted by Gasteiger charge is 2.21. The van der Waals surface area contributed by atoms with Gasteiger partial charge in [-0.3, -0.25) is 0 Å².